The van der Waals surface area contributed by atoms with Gasteiger partial charge in [0.2, 0.25) is 10.0 Å². The lowest BCUT2D eigenvalue weighted by Crippen LogP contribution is -2.27. The molecule has 0 rings (SSSR count). The number of hydrogen-bond donors (Lipinski definition) is 1. The minimum absolute atomic E-state index is 0.185. The van der Waals surface area contributed by atoms with E-state index >= 15 is 0 Å². The van der Waals surface area contributed by atoms with E-state index in [9.17, 15) is 8.42 Å². The molecule has 0 saturated heterocycles. The fourth-order valence-electron chi connectivity index (χ4n) is 1.41. The van der Waals surface area contributed by atoms with Crippen LogP contribution in [0.25, 0.3) is 0 Å². The van der Waals surface area contributed by atoms with Gasteiger partial charge in [0.15, 0.2) is 0 Å². The third kappa shape index (κ3) is 9.94. The minimum Gasteiger partial charge on any atom is -0.214 e. The summed E-state index contributed by atoms with van der Waals surface area (Å²) >= 11 is 0. The van der Waals surface area contributed by atoms with Gasteiger partial charge in [-0.2, -0.15) is 5.26 Å². The highest BCUT2D eigenvalue weighted by atomic mass is 32.2. The molecule has 0 unspecified atom stereocenters. The molecule has 0 saturated carbocycles. The SMILES string of the molecule is CCCCCCCCS(=O)(=O)NCCC#N. The van der Waals surface area contributed by atoms with Gasteiger partial charge in [-0.1, -0.05) is 39.0 Å². The van der Waals surface area contributed by atoms with Crippen molar-refractivity contribution in [3.8, 4) is 6.07 Å². The molecule has 0 aliphatic rings. The number of nitriles is 1. The molecule has 0 bridgehead atoms. The molecule has 0 heterocycles. The number of rotatable bonds is 10. The summed E-state index contributed by atoms with van der Waals surface area (Å²) in [4.78, 5) is 0. The Morgan fingerprint density at radius 3 is 2.38 bits per heavy atom. The highest BCUT2D eigenvalue weighted by Gasteiger charge is 2.08. The van der Waals surface area contributed by atoms with Crippen molar-refractivity contribution >= 4 is 10.0 Å². The summed E-state index contributed by atoms with van der Waals surface area (Å²) in [6.45, 7) is 2.39. The fraction of sp³-hybridized carbons (Fsp3) is 0.909. The van der Waals surface area contributed by atoms with Gasteiger partial charge >= 0.3 is 0 Å². The molecule has 0 amide bonds. The second kappa shape index (κ2) is 9.61. The van der Waals surface area contributed by atoms with E-state index < -0.39 is 10.0 Å². The molecule has 0 aromatic carbocycles. The molecule has 4 nitrogen and oxygen atoms in total. The molecule has 5 heteroatoms. The van der Waals surface area contributed by atoms with Gasteiger partial charge in [-0.25, -0.2) is 13.1 Å². The summed E-state index contributed by atoms with van der Waals surface area (Å²) < 4.78 is 25.2. The van der Waals surface area contributed by atoms with Crippen LogP contribution in [0.5, 0.6) is 0 Å². The van der Waals surface area contributed by atoms with Crippen molar-refractivity contribution < 1.29 is 8.42 Å². The van der Waals surface area contributed by atoms with E-state index in [4.69, 9.17) is 5.26 Å². The average molecular weight is 246 g/mol. The quantitative estimate of drug-likeness (QED) is 0.601. The Morgan fingerprint density at radius 1 is 1.12 bits per heavy atom. The first-order valence-corrected chi connectivity index (χ1v) is 7.62. The highest BCUT2D eigenvalue weighted by Crippen LogP contribution is 2.05. The standard InChI is InChI=1S/C11H22N2O2S/c1-2-3-4-5-6-7-11-16(14,15)13-10-8-9-12/h13H,2-8,10-11H2,1H3. The van der Waals surface area contributed by atoms with Crippen LogP contribution in [-0.4, -0.2) is 20.7 Å². The zero-order valence-electron chi connectivity index (χ0n) is 10.0. The monoisotopic (exact) mass is 246 g/mol. The topological polar surface area (TPSA) is 70.0 Å². The molecule has 0 aromatic heterocycles. The Morgan fingerprint density at radius 2 is 1.75 bits per heavy atom. The maximum atomic E-state index is 11.4. The molecule has 0 spiro atoms. The predicted octanol–water partition coefficient (Wildman–Crippen LogP) is 2.18. The number of nitrogens with zero attached hydrogens (tertiary/aromatic N) is 1. The molecular formula is C11H22N2O2S. The van der Waals surface area contributed by atoms with Crippen molar-refractivity contribution in [3.05, 3.63) is 0 Å². The van der Waals surface area contributed by atoms with Crippen molar-refractivity contribution in [2.24, 2.45) is 0 Å². The Hall–Kier alpha value is -0.600. The van der Waals surface area contributed by atoms with Gasteiger partial charge in [0.25, 0.3) is 0 Å². The van der Waals surface area contributed by atoms with Crippen LogP contribution < -0.4 is 4.72 Å². The van der Waals surface area contributed by atoms with E-state index in [1.807, 2.05) is 6.07 Å². The maximum Gasteiger partial charge on any atom is 0.211 e. The zero-order valence-corrected chi connectivity index (χ0v) is 10.9. The van der Waals surface area contributed by atoms with Crippen molar-refractivity contribution in [2.75, 3.05) is 12.3 Å². The first-order valence-electron chi connectivity index (χ1n) is 5.96. The zero-order chi connectivity index (χ0) is 12.3. The van der Waals surface area contributed by atoms with Crippen LogP contribution in [0.2, 0.25) is 0 Å². The molecule has 0 aromatic rings. The van der Waals surface area contributed by atoms with Gasteiger partial charge in [-0.3, -0.25) is 0 Å². The molecule has 0 aliphatic heterocycles. The second-order valence-corrected chi connectivity index (χ2v) is 5.82. The fourth-order valence-corrected chi connectivity index (χ4v) is 2.55. The third-order valence-electron chi connectivity index (χ3n) is 2.33. The number of sulfonamides is 1. The van der Waals surface area contributed by atoms with Crippen molar-refractivity contribution in [3.63, 3.8) is 0 Å². The van der Waals surface area contributed by atoms with Gasteiger partial charge in [-0.05, 0) is 6.42 Å². The summed E-state index contributed by atoms with van der Waals surface area (Å²) in [5.41, 5.74) is 0. The smallest absolute Gasteiger partial charge is 0.211 e. The van der Waals surface area contributed by atoms with Gasteiger partial charge in [0.1, 0.15) is 0 Å². The van der Waals surface area contributed by atoms with E-state index in [1.165, 1.54) is 19.3 Å². The van der Waals surface area contributed by atoms with E-state index in [1.54, 1.807) is 0 Å². The van der Waals surface area contributed by atoms with Gasteiger partial charge in [0, 0.05) is 13.0 Å². The van der Waals surface area contributed by atoms with Crippen molar-refractivity contribution in [1.29, 1.82) is 5.26 Å². The normalized spacial score (nSPS) is 11.2. The van der Waals surface area contributed by atoms with Crippen LogP contribution in [0, 0.1) is 11.3 Å². The van der Waals surface area contributed by atoms with Crippen LogP contribution in [0.3, 0.4) is 0 Å². The number of unbranched alkanes of at least 4 members (excludes halogenated alkanes) is 5. The first kappa shape index (κ1) is 15.4. The Bertz CT molecular complexity index is 294. The molecule has 0 atom stereocenters. The van der Waals surface area contributed by atoms with Gasteiger partial charge < -0.3 is 0 Å². The lowest BCUT2D eigenvalue weighted by atomic mass is 10.1. The molecule has 0 aliphatic carbocycles. The summed E-state index contributed by atoms with van der Waals surface area (Å²) in [5, 5.41) is 8.27. The van der Waals surface area contributed by atoms with Crippen LogP contribution >= 0.6 is 0 Å². The van der Waals surface area contributed by atoms with E-state index in [2.05, 4.69) is 11.6 Å². The lowest BCUT2D eigenvalue weighted by molar-refractivity contribution is 0.572. The highest BCUT2D eigenvalue weighted by molar-refractivity contribution is 7.89. The third-order valence-corrected chi connectivity index (χ3v) is 3.80. The van der Waals surface area contributed by atoms with Crippen molar-refractivity contribution in [1.82, 2.24) is 4.72 Å². The molecule has 1 N–H and O–H groups in total. The van der Waals surface area contributed by atoms with Gasteiger partial charge in [-0.15, -0.1) is 0 Å². The average Bonchev–Trinajstić information content (AvgIpc) is 2.23. The van der Waals surface area contributed by atoms with E-state index in [0.717, 1.165) is 12.8 Å². The summed E-state index contributed by atoms with van der Waals surface area (Å²) in [6.07, 6.45) is 6.65. The van der Waals surface area contributed by atoms with E-state index in [-0.39, 0.29) is 18.7 Å². The number of nitrogens with one attached hydrogen (secondary N) is 1. The summed E-state index contributed by atoms with van der Waals surface area (Å²) in [7, 11) is -3.15. The molecule has 0 radical (unpaired) electrons. The maximum absolute atomic E-state index is 11.4. The molecule has 94 valence electrons. The van der Waals surface area contributed by atoms with Crippen molar-refractivity contribution in [2.45, 2.75) is 51.9 Å². The Labute approximate surface area is 99.1 Å². The second-order valence-electron chi connectivity index (χ2n) is 3.89. The molecule has 16 heavy (non-hydrogen) atoms. The number of hydrogen-bond acceptors (Lipinski definition) is 3. The van der Waals surface area contributed by atoms with Crippen LogP contribution in [-0.2, 0) is 10.0 Å². The summed E-state index contributed by atoms with van der Waals surface area (Å²) in [5.74, 6) is 0.185. The predicted molar refractivity (Wildman–Crippen MR) is 65.4 cm³/mol. The van der Waals surface area contributed by atoms with E-state index in [0.29, 0.717) is 6.42 Å². The Kier molecular flexibility index (Phi) is 9.25. The van der Waals surface area contributed by atoms with Crippen LogP contribution in [0.15, 0.2) is 0 Å². The van der Waals surface area contributed by atoms with Crippen LogP contribution in [0.1, 0.15) is 51.9 Å². The first-order chi connectivity index (χ1) is 7.62. The largest absolute Gasteiger partial charge is 0.214 e. The summed E-state index contributed by atoms with van der Waals surface area (Å²) in [6, 6.07) is 1.90. The minimum atomic E-state index is -3.15. The molecular weight excluding hydrogens is 224 g/mol. The Balaban J connectivity index is 3.48. The van der Waals surface area contributed by atoms with Crippen LogP contribution in [0.4, 0.5) is 0 Å². The lowest BCUT2D eigenvalue weighted by Gasteiger charge is -2.04. The van der Waals surface area contributed by atoms with Gasteiger partial charge in [0.05, 0.1) is 11.8 Å². The molecule has 0 fully saturated rings.